The minimum atomic E-state index is -1.76. The van der Waals surface area contributed by atoms with Gasteiger partial charge in [-0.2, -0.15) is 0 Å². The lowest BCUT2D eigenvalue weighted by molar-refractivity contribution is -0.144. The molecule has 0 fully saturated rings. The SMILES string of the molecule is NCC(=O)NC(CCC(N)=O)C(=O)NC(CC(=O)O)C(=O)NC(CCC(=O)O)C(=O)O. The Labute approximate surface area is 175 Å². The van der Waals surface area contributed by atoms with Gasteiger partial charge in [-0.25, -0.2) is 4.79 Å². The van der Waals surface area contributed by atoms with Gasteiger partial charge in [0, 0.05) is 12.8 Å². The van der Waals surface area contributed by atoms with Gasteiger partial charge in [0.1, 0.15) is 18.1 Å². The molecule has 4 amide bonds. The number of amides is 4. The predicted octanol–water partition coefficient (Wildman–Crippen LogP) is -3.91. The van der Waals surface area contributed by atoms with Gasteiger partial charge < -0.3 is 42.7 Å². The molecule has 0 aromatic carbocycles. The number of carbonyl (C=O) groups excluding carboxylic acids is 4. The van der Waals surface area contributed by atoms with E-state index in [1.54, 1.807) is 0 Å². The van der Waals surface area contributed by atoms with Crippen LogP contribution in [0.1, 0.15) is 32.1 Å². The van der Waals surface area contributed by atoms with Crippen LogP contribution in [0.3, 0.4) is 0 Å². The molecule has 10 N–H and O–H groups in total. The first kappa shape index (κ1) is 27.2. The van der Waals surface area contributed by atoms with E-state index >= 15 is 0 Å². The van der Waals surface area contributed by atoms with Crippen molar-refractivity contribution in [2.45, 2.75) is 50.2 Å². The lowest BCUT2D eigenvalue weighted by Crippen LogP contribution is -2.56. The van der Waals surface area contributed by atoms with Crippen molar-refractivity contribution in [1.82, 2.24) is 16.0 Å². The fourth-order valence-corrected chi connectivity index (χ4v) is 2.26. The van der Waals surface area contributed by atoms with Gasteiger partial charge in [0.05, 0.1) is 13.0 Å². The van der Waals surface area contributed by atoms with Crippen LogP contribution in [-0.2, 0) is 33.6 Å². The van der Waals surface area contributed by atoms with Crippen LogP contribution in [0, 0.1) is 0 Å². The summed E-state index contributed by atoms with van der Waals surface area (Å²) in [5.74, 6) is -8.20. The Bertz CT molecular complexity index is 726. The maximum Gasteiger partial charge on any atom is 0.326 e. The third kappa shape index (κ3) is 11.7. The van der Waals surface area contributed by atoms with Gasteiger partial charge in [0.25, 0.3) is 0 Å². The van der Waals surface area contributed by atoms with Crippen LogP contribution >= 0.6 is 0 Å². The maximum absolute atomic E-state index is 12.5. The van der Waals surface area contributed by atoms with Gasteiger partial charge in [-0.1, -0.05) is 0 Å². The van der Waals surface area contributed by atoms with Crippen LogP contribution in [0.4, 0.5) is 0 Å². The zero-order valence-corrected chi connectivity index (χ0v) is 16.3. The molecule has 0 radical (unpaired) electrons. The number of carbonyl (C=O) groups is 7. The number of primary amides is 1. The second-order valence-electron chi connectivity index (χ2n) is 6.32. The fraction of sp³-hybridized carbons (Fsp3) is 0.562. The van der Waals surface area contributed by atoms with Crippen LogP contribution in [0.15, 0.2) is 0 Å². The van der Waals surface area contributed by atoms with E-state index in [0.29, 0.717) is 0 Å². The third-order valence-corrected chi connectivity index (χ3v) is 3.79. The smallest absolute Gasteiger partial charge is 0.326 e. The predicted molar refractivity (Wildman–Crippen MR) is 100 cm³/mol. The summed E-state index contributed by atoms with van der Waals surface area (Å²) >= 11 is 0. The Morgan fingerprint density at radius 3 is 1.68 bits per heavy atom. The quantitative estimate of drug-likeness (QED) is 0.120. The minimum Gasteiger partial charge on any atom is -0.481 e. The summed E-state index contributed by atoms with van der Waals surface area (Å²) in [5, 5.41) is 33.0. The molecule has 0 aliphatic carbocycles. The molecule has 3 atom stereocenters. The molecular formula is C16H25N5O10. The van der Waals surface area contributed by atoms with Crippen molar-refractivity contribution in [3.63, 3.8) is 0 Å². The van der Waals surface area contributed by atoms with E-state index in [4.69, 9.17) is 26.8 Å². The molecule has 0 saturated carbocycles. The van der Waals surface area contributed by atoms with Crippen molar-refractivity contribution in [2.24, 2.45) is 11.5 Å². The number of hydrogen-bond donors (Lipinski definition) is 8. The van der Waals surface area contributed by atoms with E-state index in [1.165, 1.54) is 0 Å². The molecule has 174 valence electrons. The first-order valence-corrected chi connectivity index (χ1v) is 8.92. The van der Waals surface area contributed by atoms with Crippen LogP contribution in [0.5, 0.6) is 0 Å². The molecule has 0 rings (SSSR count). The molecule has 3 unspecified atom stereocenters. The van der Waals surface area contributed by atoms with E-state index in [1.807, 2.05) is 5.32 Å². The van der Waals surface area contributed by atoms with E-state index in [2.05, 4.69) is 10.6 Å². The number of carboxylic acid groups (broad SMARTS) is 3. The van der Waals surface area contributed by atoms with Gasteiger partial charge in [0.15, 0.2) is 0 Å². The largest absolute Gasteiger partial charge is 0.481 e. The van der Waals surface area contributed by atoms with Gasteiger partial charge in [0.2, 0.25) is 23.6 Å². The number of nitrogens with two attached hydrogens (primary N) is 2. The number of carboxylic acids is 3. The van der Waals surface area contributed by atoms with Crippen LogP contribution in [0.2, 0.25) is 0 Å². The molecule has 0 spiro atoms. The Hall–Kier alpha value is -3.75. The summed E-state index contributed by atoms with van der Waals surface area (Å²) in [5.41, 5.74) is 10.2. The molecule has 15 nitrogen and oxygen atoms in total. The molecule has 0 aromatic heterocycles. The zero-order valence-electron chi connectivity index (χ0n) is 16.3. The van der Waals surface area contributed by atoms with Gasteiger partial charge in [-0.3, -0.25) is 28.8 Å². The van der Waals surface area contributed by atoms with Crippen LogP contribution in [-0.4, -0.2) is 81.5 Å². The highest BCUT2D eigenvalue weighted by molar-refractivity contribution is 5.95. The van der Waals surface area contributed by atoms with E-state index in [9.17, 15) is 33.6 Å². The molecule has 0 saturated heterocycles. The summed E-state index contributed by atoms with van der Waals surface area (Å²) in [6, 6.07) is -4.79. The third-order valence-electron chi connectivity index (χ3n) is 3.79. The summed E-state index contributed by atoms with van der Waals surface area (Å²) < 4.78 is 0. The lowest BCUT2D eigenvalue weighted by Gasteiger charge is -2.23. The second kappa shape index (κ2) is 13.5. The maximum atomic E-state index is 12.5. The van der Waals surface area contributed by atoms with Gasteiger partial charge in [-0.15, -0.1) is 0 Å². The van der Waals surface area contributed by atoms with Crippen molar-refractivity contribution in [2.75, 3.05) is 6.54 Å². The minimum absolute atomic E-state index is 0.273. The van der Waals surface area contributed by atoms with Crippen LogP contribution < -0.4 is 27.4 Å². The number of nitrogens with one attached hydrogen (secondary N) is 3. The Morgan fingerprint density at radius 2 is 1.23 bits per heavy atom. The van der Waals surface area contributed by atoms with E-state index in [0.717, 1.165) is 0 Å². The zero-order chi connectivity index (χ0) is 24.1. The molecule has 0 aliphatic rings. The monoisotopic (exact) mass is 447 g/mol. The molecule has 15 heteroatoms. The Kier molecular flexibility index (Phi) is 11.8. The summed E-state index contributed by atoms with van der Waals surface area (Å²) in [6.07, 6.45) is -2.62. The normalized spacial score (nSPS) is 13.2. The number of hydrogen-bond acceptors (Lipinski definition) is 8. The molecule has 0 bridgehead atoms. The first-order valence-electron chi connectivity index (χ1n) is 8.92. The lowest BCUT2D eigenvalue weighted by atomic mass is 10.1. The molecular weight excluding hydrogens is 422 g/mol. The first-order chi connectivity index (χ1) is 14.4. The molecule has 0 heterocycles. The standard InChI is InChI=1S/C16H25N5O10/c17-6-11(23)19-7(1-3-10(18)22)14(28)21-9(5-13(26)27)15(29)20-8(16(30)31)2-4-12(24)25/h7-9H,1-6,17H2,(H2,18,22)(H,19,23)(H,20,29)(H,21,28)(H,24,25)(H,26,27)(H,30,31). The van der Waals surface area contributed by atoms with Gasteiger partial charge in [-0.05, 0) is 12.8 Å². The van der Waals surface area contributed by atoms with E-state index < -0.39 is 85.5 Å². The number of aliphatic carboxylic acids is 3. The topological polar surface area (TPSA) is 268 Å². The fourth-order valence-electron chi connectivity index (χ4n) is 2.26. The van der Waals surface area contributed by atoms with Crippen molar-refractivity contribution >= 4 is 41.5 Å². The summed E-state index contributed by atoms with van der Waals surface area (Å²) in [6.45, 7) is -0.497. The van der Waals surface area contributed by atoms with Crippen LogP contribution in [0.25, 0.3) is 0 Å². The average Bonchev–Trinajstić information content (AvgIpc) is 2.66. The highest BCUT2D eigenvalue weighted by atomic mass is 16.4. The molecule has 31 heavy (non-hydrogen) atoms. The number of rotatable bonds is 15. The van der Waals surface area contributed by atoms with Gasteiger partial charge >= 0.3 is 17.9 Å². The van der Waals surface area contributed by atoms with Crippen molar-refractivity contribution in [1.29, 1.82) is 0 Å². The van der Waals surface area contributed by atoms with E-state index in [-0.39, 0.29) is 12.8 Å². The highest BCUT2D eigenvalue weighted by Gasteiger charge is 2.31. The molecule has 0 aliphatic heterocycles. The molecule has 0 aromatic rings. The van der Waals surface area contributed by atoms with Crippen molar-refractivity contribution in [3.8, 4) is 0 Å². The second-order valence-corrected chi connectivity index (χ2v) is 6.32. The average molecular weight is 447 g/mol. The summed E-state index contributed by atoms with van der Waals surface area (Å²) in [7, 11) is 0. The highest BCUT2D eigenvalue weighted by Crippen LogP contribution is 2.04. The summed E-state index contributed by atoms with van der Waals surface area (Å²) in [4.78, 5) is 80.2. The van der Waals surface area contributed by atoms with Crippen molar-refractivity contribution < 1.29 is 48.9 Å². The Morgan fingerprint density at radius 1 is 0.710 bits per heavy atom. The Balaban J connectivity index is 5.41. The van der Waals surface area contributed by atoms with Crippen molar-refractivity contribution in [3.05, 3.63) is 0 Å².